The molecule has 92 valence electrons. The van der Waals surface area contributed by atoms with Crippen LogP contribution in [0.5, 0.6) is 0 Å². The summed E-state index contributed by atoms with van der Waals surface area (Å²) in [5.41, 5.74) is 2.01. The van der Waals surface area contributed by atoms with E-state index in [4.69, 9.17) is 5.11 Å². The lowest BCUT2D eigenvalue weighted by molar-refractivity contribution is -0.130. The number of rotatable bonds is 3. The lowest BCUT2D eigenvalue weighted by Crippen LogP contribution is -2.34. The van der Waals surface area contributed by atoms with Crippen molar-refractivity contribution in [3.05, 3.63) is 35.4 Å². The second-order valence-electron chi connectivity index (χ2n) is 4.32. The average molecular weight is 234 g/mol. The van der Waals surface area contributed by atoms with Crippen molar-refractivity contribution in [3.8, 4) is 0 Å². The Labute approximate surface area is 101 Å². The van der Waals surface area contributed by atoms with Crippen LogP contribution in [0.3, 0.4) is 0 Å². The standard InChI is InChI=1S/C13H18N2O2/c16-10-12-4-2-11(3-5-12)9-15-7-1-6-14-8-13(15)17/h2-5,14,16H,1,6-10H2. The lowest BCUT2D eigenvalue weighted by Gasteiger charge is -2.20. The molecule has 1 heterocycles. The molecule has 2 rings (SSSR count). The van der Waals surface area contributed by atoms with Crippen LogP contribution in [0.15, 0.2) is 24.3 Å². The van der Waals surface area contributed by atoms with E-state index in [1.165, 1.54) is 0 Å². The molecule has 2 N–H and O–H groups in total. The molecular weight excluding hydrogens is 216 g/mol. The zero-order valence-electron chi connectivity index (χ0n) is 9.85. The van der Waals surface area contributed by atoms with Crippen LogP contribution in [0.1, 0.15) is 17.5 Å². The summed E-state index contributed by atoms with van der Waals surface area (Å²) >= 11 is 0. The van der Waals surface area contributed by atoms with E-state index >= 15 is 0 Å². The number of benzene rings is 1. The summed E-state index contributed by atoms with van der Waals surface area (Å²) in [6.07, 6.45) is 1.00. The molecule has 17 heavy (non-hydrogen) atoms. The third-order valence-corrected chi connectivity index (χ3v) is 2.99. The highest BCUT2D eigenvalue weighted by Gasteiger charge is 2.15. The maximum atomic E-state index is 11.8. The van der Waals surface area contributed by atoms with Gasteiger partial charge in [0.15, 0.2) is 0 Å². The number of hydrogen-bond donors (Lipinski definition) is 2. The highest BCUT2D eigenvalue weighted by atomic mass is 16.3. The summed E-state index contributed by atoms with van der Waals surface area (Å²) in [6, 6.07) is 7.74. The molecule has 1 aromatic carbocycles. The molecule has 4 heteroatoms. The number of aliphatic hydroxyl groups excluding tert-OH is 1. The number of nitrogens with one attached hydrogen (secondary N) is 1. The van der Waals surface area contributed by atoms with Crippen LogP contribution in [0.25, 0.3) is 0 Å². The first-order valence-electron chi connectivity index (χ1n) is 5.97. The molecule has 0 saturated carbocycles. The first kappa shape index (κ1) is 12.1. The van der Waals surface area contributed by atoms with Crippen molar-refractivity contribution in [2.75, 3.05) is 19.6 Å². The van der Waals surface area contributed by atoms with Crippen molar-refractivity contribution in [1.29, 1.82) is 0 Å². The number of carbonyl (C=O) groups excluding carboxylic acids is 1. The highest BCUT2D eigenvalue weighted by Crippen LogP contribution is 2.09. The lowest BCUT2D eigenvalue weighted by atomic mass is 10.1. The fourth-order valence-corrected chi connectivity index (χ4v) is 1.96. The van der Waals surface area contributed by atoms with Crippen LogP contribution in [0, 0.1) is 0 Å². The first-order chi connectivity index (χ1) is 8.29. The second kappa shape index (κ2) is 5.80. The summed E-state index contributed by atoms with van der Waals surface area (Å²) in [5.74, 6) is 0.161. The summed E-state index contributed by atoms with van der Waals surface area (Å²) in [4.78, 5) is 13.6. The van der Waals surface area contributed by atoms with Gasteiger partial charge in [0.25, 0.3) is 0 Å². The van der Waals surface area contributed by atoms with Crippen LogP contribution >= 0.6 is 0 Å². The van der Waals surface area contributed by atoms with Gasteiger partial charge in [-0.25, -0.2) is 0 Å². The van der Waals surface area contributed by atoms with E-state index in [2.05, 4.69) is 5.32 Å². The smallest absolute Gasteiger partial charge is 0.236 e. The number of nitrogens with zero attached hydrogens (tertiary/aromatic N) is 1. The zero-order chi connectivity index (χ0) is 12.1. The molecule has 0 spiro atoms. The Hall–Kier alpha value is -1.39. The van der Waals surface area contributed by atoms with Crippen molar-refractivity contribution >= 4 is 5.91 Å². The first-order valence-corrected chi connectivity index (χ1v) is 5.97. The zero-order valence-corrected chi connectivity index (χ0v) is 9.85. The van der Waals surface area contributed by atoms with Crippen LogP contribution < -0.4 is 5.32 Å². The maximum absolute atomic E-state index is 11.8. The van der Waals surface area contributed by atoms with E-state index in [9.17, 15) is 4.79 Å². The molecular formula is C13H18N2O2. The quantitative estimate of drug-likeness (QED) is 0.801. The van der Waals surface area contributed by atoms with Crippen molar-refractivity contribution in [3.63, 3.8) is 0 Å². The summed E-state index contributed by atoms with van der Waals surface area (Å²) in [5, 5.41) is 12.1. The fourth-order valence-electron chi connectivity index (χ4n) is 1.96. The Morgan fingerprint density at radius 2 is 1.94 bits per heavy atom. The van der Waals surface area contributed by atoms with Crippen LogP contribution in [-0.4, -0.2) is 35.5 Å². The summed E-state index contributed by atoms with van der Waals surface area (Å²) in [7, 11) is 0. The molecule has 0 unspecified atom stereocenters. The molecule has 1 amide bonds. The average Bonchev–Trinajstić information content (AvgIpc) is 2.56. The minimum atomic E-state index is 0.0623. The Bertz CT molecular complexity index is 376. The van der Waals surface area contributed by atoms with E-state index in [1.807, 2.05) is 29.2 Å². The van der Waals surface area contributed by atoms with Crippen molar-refractivity contribution in [1.82, 2.24) is 10.2 Å². The Morgan fingerprint density at radius 1 is 1.24 bits per heavy atom. The molecule has 0 atom stereocenters. The van der Waals surface area contributed by atoms with Gasteiger partial charge in [-0.3, -0.25) is 4.79 Å². The van der Waals surface area contributed by atoms with Crippen LogP contribution in [-0.2, 0) is 17.9 Å². The fraction of sp³-hybridized carbons (Fsp3) is 0.462. The van der Waals surface area contributed by atoms with Crippen molar-refractivity contribution in [2.24, 2.45) is 0 Å². The van der Waals surface area contributed by atoms with E-state index in [-0.39, 0.29) is 12.5 Å². The topological polar surface area (TPSA) is 52.6 Å². The van der Waals surface area contributed by atoms with Gasteiger partial charge in [-0.05, 0) is 24.1 Å². The van der Waals surface area contributed by atoms with Crippen LogP contribution in [0.2, 0.25) is 0 Å². The Balaban J connectivity index is 2.00. The number of amides is 1. The molecule has 0 aromatic heterocycles. The molecule has 0 radical (unpaired) electrons. The third-order valence-electron chi connectivity index (χ3n) is 2.99. The maximum Gasteiger partial charge on any atom is 0.236 e. The van der Waals surface area contributed by atoms with E-state index in [1.54, 1.807) is 0 Å². The predicted octanol–water partition coefficient (Wildman–Crippen LogP) is 0.501. The van der Waals surface area contributed by atoms with Gasteiger partial charge in [0, 0.05) is 13.1 Å². The molecule has 1 aromatic rings. The molecule has 1 aliphatic rings. The Kier molecular flexibility index (Phi) is 4.12. The summed E-state index contributed by atoms with van der Waals surface area (Å²) in [6.45, 7) is 2.88. The second-order valence-corrected chi connectivity index (χ2v) is 4.32. The molecule has 4 nitrogen and oxygen atoms in total. The minimum Gasteiger partial charge on any atom is -0.392 e. The third kappa shape index (κ3) is 3.28. The van der Waals surface area contributed by atoms with Gasteiger partial charge >= 0.3 is 0 Å². The number of carbonyl (C=O) groups is 1. The van der Waals surface area contributed by atoms with Gasteiger partial charge in [-0.2, -0.15) is 0 Å². The number of hydrogen-bond acceptors (Lipinski definition) is 3. The van der Waals surface area contributed by atoms with Gasteiger partial charge in [-0.15, -0.1) is 0 Å². The molecule has 1 fully saturated rings. The van der Waals surface area contributed by atoms with Gasteiger partial charge in [-0.1, -0.05) is 24.3 Å². The van der Waals surface area contributed by atoms with Gasteiger partial charge in [0.2, 0.25) is 5.91 Å². The van der Waals surface area contributed by atoms with E-state index in [0.29, 0.717) is 13.1 Å². The van der Waals surface area contributed by atoms with Gasteiger partial charge in [0.1, 0.15) is 0 Å². The Morgan fingerprint density at radius 3 is 2.65 bits per heavy atom. The van der Waals surface area contributed by atoms with Crippen molar-refractivity contribution < 1.29 is 9.90 Å². The van der Waals surface area contributed by atoms with Gasteiger partial charge < -0.3 is 15.3 Å². The predicted molar refractivity (Wildman–Crippen MR) is 65.3 cm³/mol. The monoisotopic (exact) mass is 234 g/mol. The normalized spacial score (nSPS) is 17.0. The van der Waals surface area contributed by atoms with E-state index in [0.717, 1.165) is 30.6 Å². The van der Waals surface area contributed by atoms with Gasteiger partial charge in [0.05, 0.1) is 13.2 Å². The highest BCUT2D eigenvalue weighted by molar-refractivity contribution is 5.78. The SMILES string of the molecule is O=C1CNCCCN1Cc1ccc(CO)cc1. The summed E-state index contributed by atoms with van der Waals surface area (Å²) < 4.78 is 0. The largest absolute Gasteiger partial charge is 0.392 e. The number of aliphatic hydroxyl groups is 1. The molecule has 0 aliphatic carbocycles. The molecule has 0 bridgehead atoms. The van der Waals surface area contributed by atoms with Crippen molar-refractivity contribution in [2.45, 2.75) is 19.6 Å². The molecule has 1 aliphatic heterocycles. The van der Waals surface area contributed by atoms with Crippen LogP contribution in [0.4, 0.5) is 0 Å². The minimum absolute atomic E-state index is 0.0623. The molecule has 1 saturated heterocycles. The van der Waals surface area contributed by atoms with E-state index < -0.39 is 0 Å².